The van der Waals surface area contributed by atoms with Crippen LogP contribution in [0, 0.1) is 0 Å². The van der Waals surface area contributed by atoms with Gasteiger partial charge in [0.05, 0.1) is 12.1 Å². The number of nitrogens with zero attached hydrogens (tertiary/aromatic N) is 2. The highest BCUT2D eigenvalue weighted by atomic mass is 16.5. The van der Waals surface area contributed by atoms with E-state index in [1.54, 1.807) is 12.1 Å². The summed E-state index contributed by atoms with van der Waals surface area (Å²) in [5.41, 5.74) is 2.14. The lowest BCUT2D eigenvalue weighted by Gasteiger charge is -2.30. The summed E-state index contributed by atoms with van der Waals surface area (Å²) < 4.78 is 5.81. The van der Waals surface area contributed by atoms with Gasteiger partial charge in [-0.2, -0.15) is 0 Å². The number of hydrogen-bond acceptors (Lipinski definition) is 5. The van der Waals surface area contributed by atoms with E-state index in [1.807, 2.05) is 73.8 Å². The van der Waals surface area contributed by atoms with Crippen LogP contribution in [-0.2, 0) is 11.3 Å². The smallest absolute Gasteiger partial charge is 0.335 e. The summed E-state index contributed by atoms with van der Waals surface area (Å²) in [5, 5.41) is 12.1. The van der Waals surface area contributed by atoms with E-state index in [0.717, 1.165) is 55.9 Å². The predicted molar refractivity (Wildman–Crippen MR) is 141 cm³/mol. The molecule has 0 aromatic heterocycles. The second-order valence-corrected chi connectivity index (χ2v) is 9.29. The molecule has 36 heavy (non-hydrogen) atoms. The molecule has 4 rings (SSSR count). The number of benzene rings is 3. The standard InChI is InChI=1S/C29H33N3O4/c1-31(21-28(33)30-24-14-16-27(17-15-24)36-26-8-3-2-4-9-26)25-7-5-6-18-32(20-25)19-22-10-12-23(13-11-22)29(34)35/h2-4,8-17,25H,5-7,18-21H2,1H3,(H,30,33)(H,34,35). The number of anilines is 1. The molecule has 1 aliphatic heterocycles. The van der Waals surface area contributed by atoms with E-state index in [9.17, 15) is 9.59 Å². The maximum atomic E-state index is 12.7. The molecular weight excluding hydrogens is 454 g/mol. The molecule has 0 aliphatic carbocycles. The summed E-state index contributed by atoms with van der Waals surface area (Å²) >= 11 is 0. The van der Waals surface area contributed by atoms with E-state index >= 15 is 0 Å². The van der Waals surface area contributed by atoms with Crippen molar-refractivity contribution in [1.29, 1.82) is 0 Å². The lowest BCUT2D eigenvalue weighted by molar-refractivity contribution is -0.117. The second-order valence-electron chi connectivity index (χ2n) is 9.29. The predicted octanol–water partition coefficient (Wildman–Crippen LogP) is 5.10. The number of rotatable bonds is 9. The molecule has 1 atom stereocenters. The SMILES string of the molecule is CN(CC(=O)Nc1ccc(Oc2ccccc2)cc1)C1CCCCN(Cc2ccc(C(=O)O)cc2)C1. The van der Waals surface area contributed by atoms with Crippen molar-refractivity contribution in [3.63, 3.8) is 0 Å². The molecule has 1 fully saturated rings. The number of ether oxygens (including phenoxy) is 1. The van der Waals surface area contributed by atoms with Crippen LogP contribution in [0.3, 0.4) is 0 Å². The molecule has 1 aliphatic rings. The summed E-state index contributed by atoms with van der Waals surface area (Å²) in [6, 6.07) is 24.3. The Hall–Kier alpha value is -3.68. The van der Waals surface area contributed by atoms with Crippen LogP contribution in [-0.4, -0.2) is 59.5 Å². The van der Waals surface area contributed by atoms with Gasteiger partial charge in [0.1, 0.15) is 11.5 Å². The Morgan fingerprint density at radius 2 is 1.67 bits per heavy atom. The molecule has 7 heteroatoms. The molecule has 0 spiro atoms. The number of carbonyl (C=O) groups excluding carboxylic acids is 1. The molecule has 3 aromatic carbocycles. The Morgan fingerprint density at radius 3 is 2.36 bits per heavy atom. The first kappa shape index (κ1) is 25.4. The minimum absolute atomic E-state index is 0.0470. The fourth-order valence-electron chi connectivity index (χ4n) is 4.50. The first-order valence-corrected chi connectivity index (χ1v) is 12.3. The minimum Gasteiger partial charge on any atom is -0.478 e. The van der Waals surface area contributed by atoms with Gasteiger partial charge in [0.25, 0.3) is 0 Å². The van der Waals surface area contributed by atoms with E-state index in [4.69, 9.17) is 9.84 Å². The van der Waals surface area contributed by atoms with Gasteiger partial charge in [-0.25, -0.2) is 4.79 Å². The summed E-state index contributed by atoms with van der Waals surface area (Å²) in [6.45, 7) is 2.95. The third-order valence-corrected chi connectivity index (χ3v) is 6.47. The number of carboxylic acids is 1. The van der Waals surface area contributed by atoms with Crippen LogP contribution in [0.25, 0.3) is 0 Å². The van der Waals surface area contributed by atoms with Gasteiger partial charge in [-0.3, -0.25) is 14.6 Å². The van der Waals surface area contributed by atoms with Gasteiger partial charge < -0.3 is 15.2 Å². The van der Waals surface area contributed by atoms with Crippen molar-refractivity contribution in [2.75, 3.05) is 32.0 Å². The van der Waals surface area contributed by atoms with Gasteiger partial charge >= 0.3 is 5.97 Å². The molecular formula is C29H33N3O4. The van der Waals surface area contributed by atoms with E-state index in [1.165, 1.54) is 0 Å². The normalized spacial score (nSPS) is 16.3. The maximum Gasteiger partial charge on any atom is 0.335 e. The molecule has 3 aromatic rings. The Bertz CT molecular complexity index is 1130. The van der Waals surface area contributed by atoms with Gasteiger partial charge in [-0.1, -0.05) is 36.8 Å². The number of likely N-dealkylation sites (tertiary alicyclic amines) is 1. The molecule has 1 amide bonds. The number of carbonyl (C=O) groups is 2. The number of nitrogens with one attached hydrogen (secondary N) is 1. The molecule has 1 saturated heterocycles. The quantitative estimate of drug-likeness (QED) is 0.437. The average molecular weight is 488 g/mol. The summed E-state index contributed by atoms with van der Waals surface area (Å²) in [4.78, 5) is 28.4. The number of amides is 1. The molecule has 1 unspecified atom stereocenters. The van der Waals surface area contributed by atoms with Crippen molar-refractivity contribution in [2.24, 2.45) is 0 Å². The van der Waals surface area contributed by atoms with Crippen molar-refractivity contribution in [1.82, 2.24) is 9.80 Å². The summed E-state index contributed by atoms with van der Waals surface area (Å²) in [5.74, 6) is 0.528. The topological polar surface area (TPSA) is 82.1 Å². The van der Waals surface area contributed by atoms with Crippen LogP contribution in [0.5, 0.6) is 11.5 Å². The van der Waals surface area contributed by atoms with Crippen molar-refractivity contribution < 1.29 is 19.4 Å². The van der Waals surface area contributed by atoms with Crippen LogP contribution < -0.4 is 10.1 Å². The number of aromatic carboxylic acids is 1. The fourth-order valence-corrected chi connectivity index (χ4v) is 4.50. The summed E-state index contributed by atoms with van der Waals surface area (Å²) in [7, 11) is 2.01. The molecule has 0 saturated carbocycles. The number of para-hydroxylation sites is 1. The number of hydrogen-bond donors (Lipinski definition) is 2. The van der Waals surface area contributed by atoms with Gasteiger partial charge in [-0.15, -0.1) is 0 Å². The van der Waals surface area contributed by atoms with Crippen LogP contribution in [0.15, 0.2) is 78.9 Å². The highest BCUT2D eigenvalue weighted by molar-refractivity contribution is 5.92. The molecule has 2 N–H and O–H groups in total. The number of likely N-dealkylation sites (N-methyl/N-ethyl adjacent to an activating group) is 1. The van der Waals surface area contributed by atoms with E-state index in [-0.39, 0.29) is 11.9 Å². The van der Waals surface area contributed by atoms with Crippen molar-refractivity contribution in [2.45, 2.75) is 31.8 Å². The van der Waals surface area contributed by atoms with E-state index < -0.39 is 5.97 Å². The van der Waals surface area contributed by atoms with Crippen molar-refractivity contribution in [3.05, 3.63) is 90.0 Å². The minimum atomic E-state index is -0.909. The monoisotopic (exact) mass is 487 g/mol. The second kappa shape index (κ2) is 12.3. The van der Waals surface area contributed by atoms with Crippen LogP contribution in [0.4, 0.5) is 5.69 Å². The third-order valence-electron chi connectivity index (χ3n) is 6.47. The highest BCUT2D eigenvalue weighted by Crippen LogP contribution is 2.23. The van der Waals surface area contributed by atoms with E-state index in [2.05, 4.69) is 15.1 Å². The Morgan fingerprint density at radius 1 is 0.972 bits per heavy atom. The van der Waals surface area contributed by atoms with Crippen molar-refractivity contribution in [3.8, 4) is 11.5 Å². The zero-order valence-corrected chi connectivity index (χ0v) is 20.6. The Balaban J connectivity index is 1.27. The van der Waals surface area contributed by atoms with Gasteiger partial charge in [0.2, 0.25) is 5.91 Å². The third kappa shape index (κ3) is 7.41. The van der Waals surface area contributed by atoms with Crippen LogP contribution >= 0.6 is 0 Å². The Labute approximate surface area is 212 Å². The lowest BCUT2D eigenvalue weighted by Crippen LogP contribution is -2.43. The molecule has 1 heterocycles. The molecule has 188 valence electrons. The largest absolute Gasteiger partial charge is 0.478 e. The molecule has 0 bridgehead atoms. The van der Waals surface area contributed by atoms with Crippen LogP contribution in [0.1, 0.15) is 35.2 Å². The highest BCUT2D eigenvalue weighted by Gasteiger charge is 2.23. The molecule has 0 radical (unpaired) electrons. The fraction of sp³-hybridized carbons (Fsp3) is 0.310. The molecule has 7 nitrogen and oxygen atoms in total. The van der Waals surface area contributed by atoms with E-state index in [0.29, 0.717) is 17.9 Å². The van der Waals surface area contributed by atoms with Crippen LogP contribution in [0.2, 0.25) is 0 Å². The lowest BCUT2D eigenvalue weighted by atomic mass is 10.1. The first-order valence-electron chi connectivity index (χ1n) is 12.3. The summed E-state index contributed by atoms with van der Waals surface area (Å²) in [6.07, 6.45) is 3.28. The average Bonchev–Trinajstić information content (AvgIpc) is 3.12. The van der Waals surface area contributed by atoms with Gasteiger partial charge in [0, 0.05) is 24.8 Å². The van der Waals surface area contributed by atoms with Gasteiger partial charge in [-0.05, 0) is 80.5 Å². The Kier molecular flexibility index (Phi) is 8.71. The zero-order valence-electron chi connectivity index (χ0n) is 20.6. The number of carboxylic acid groups (broad SMARTS) is 1. The van der Waals surface area contributed by atoms with Crippen molar-refractivity contribution >= 4 is 17.6 Å². The van der Waals surface area contributed by atoms with Gasteiger partial charge in [0.15, 0.2) is 0 Å². The zero-order chi connectivity index (χ0) is 25.3. The first-order chi connectivity index (χ1) is 17.5. The maximum absolute atomic E-state index is 12.7.